The van der Waals surface area contributed by atoms with E-state index in [1.807, 2.05) is 37.3 Å². The fourth-order valence-corrected chi connectivity index (χ4v) is 4.08. The highest BCUT2D eigenvalue weighted by Crippen LogP contribution is 2.28. The Morgan fingerprint density at radius 2 is 2.07 bits per heavy atom. The van der Waals surface area contributed by atoms with Crippen LogP contribution in [0.1, 0.15) is 17.0 Å². The molecular formula is C22H27N5O2. The molecule has 2 amide bonds. The Kier molecular flexibility index (Phi) is 5.78. The predicted octanol–water partition coefficient (Wildman–Crippen LogP) is 3.11. The molecular weight excluding hydrogens is 366 g/mol. The highest BCUT2D eigenvalue weighted by atomic mass is 16.5. The number of aryl methyl sites for hydroxylation is 1. The highest BCUT2D eigenvalue weighted by Gasteiger charge is 2.34. The number of ether oxygens (including phenoxy) is 1. The molecule has 4 rings (SSSR count). The molecule has 0 unspecified atom stereocenters. The maximum Gasteiger partial charge on any atom is 0.319 e. The molecule has 1 saturated heterocycles. The maximum absolute atomic E-state index is 12.8. The van der Waals surface area contributed by atoms with Gasteiger partial charge >= 0.3 is 6.03 Å². The Morgan fingerprint density at radius 1 is 1.24 bits per heavy atom. The molecule has 1 fully saturated rings. The third kappa shape index (κ3) is 4.26. The predicted molar refractivity (Wildman–Crippen MR) is 114 cm³/mol. The number of benzene rings is 2. The maximum atomic E-state index is 12.8. The van der Waals surface area contributed by atoms with Crippen LogP contribution in [0.25, 0.3) is 10.9 Å². The fourth-order valence-electron chi connectivity index (χ4n) is 4.08. The molecule has 0 radical (unpaired) electrons. The van der Waals surface area contributed by atoms with Gasteiger partial charge in [0.05, 0.1) is 30.0 Å². The molecule has 3 aromatic rings. The van der Waals surface area contributed by atoms with E-state index in [0.717, 1.165) is 41.8 Å². The largest absolute Gasteiger partial charge is 0.383 e. The van der Waals surface area contributed by atoms with Crippen LogP contribution in [0, 0.1) is 6.92 Å². The topological polar surface area (TPSA) is 82.3 Å². The Morgan fingerprint density at radius 3 is 2.86 bits per heavy atom. The number of likely N-dealkylation sites (tertiary alicyclic amines) is 1. The Bertz CT molecular complexity index is 972. The lowest BCUT2D eigenvalue weighted by Crippen LogP contribution is -2.42. The van der Waals surface area contributed by atoms with Crippen LogP contribution in [0.5, 0.6) is 0 Å². The van der Waals surface area contributed by atoms with Gasteiger partial charge in [-0.3, -0.25) is 10.00 Å². The van der Waals surface area contributed by atoms with E-state index < -0.39 is 0 Å². The van der Waals surface area contributed by atoms with E-state index in [-0.39, 0.29) is 18.0 Å². The molecule has 1 aliphatic rings. The van der Waals surface area contributed by atoms with Crippen molar-refractivity contribution < 1.29 is 9.53 Å². The summed E-state index contributed by atoms with van der Waals surface area (Å²) < 4.78 is 5.23. The van der Waals surface area contributed by atoms with Gasteiger partial charge in [0.1, 0.15) is 0 Å². The van der Waals surface area contributed by atoms with Crippen molar-refractivity contribution in [3.05, 3.63) is 59.8 Å². The zero-order chi connectivity index (χ0) is 20.2. The van der Waals surface area contributed by atoms with Gasteiger partial charge in [0.25, 0.3) is 0 Å². The average molecular weight is 393 g/mol. The van der Waals surface area contributed by atoms with Gasteiger partial charge in [-0.15, -0.1) is 0 Å². The van der Waals surface area contributed by atoms with Crippen molar-refractivity contribution in [2.45, 2.75) is 18.9 Å². The van der Waals surface area contributed by atoms with Crippen LogP contribution >= 0.6 is 0 Å². The van der Waals surface area contributed by atoms with Crippen molar-refractivity contribution in [3.63, 3.8) is 0 Å². The van der Waals surface area contributed by atoms with Crippen molar-refractivity contribution in [2.24, 2.45) is 0 Å². The molecule has 2 heterocycles. The van der Waals surface area contributed by atoms with Crippen LogP contribution in [-0.4, -0.2) is 60.5 Å². The van der Waals surface area contributed by atoms with Crippen molar-refractivity contribution in [1.29, 1.82) is 0 Å². The minimum atomic E-state index is -0.204. The normalized spacial score (nSPS) is 19.5. The summed E-state index contributed by atoms with van der Waals surface area (Å²) in [5.41, 5.74) is 3.93. The van der Waals surface area contributed by atoms with Crippen LogP contribution in [0.3, 0.4) is 0 Å². The first-order valence-electron chi connectivity index (χ1n) is 9.92. The number of nitrogens with one attached hydrogen (secondary N) is 3. The standard InChI is InChI=1S/C22H27N5O2/c1-15-8-9-19(21-17(15)12-23-26-21)24-22(28)25-20-14-27(10-11-29-2)13-18(20)16-6-4-3-5-7-16/h3-9,12,18,20H,10-11,13-14H2,1-2H3,(H,23,26)(H2,24,25,28)/t18-,20+/m1/s1. The van der Waals surface area contributed by atoms with E-state index >= 15 is 0 Å². The number of carbonyl (C=O) groups excluding carboxylic acids is 1. The van der Waals surface area contributed by atoms with E-state index in [9.17, 15) is 4.79 Å². The lowest BCUT2D eigenvalue weighted by atomic mass is 9.94. The third-order valence-electron chi connectivity index (χ3n) is 5.63. The number of anilines is 1. The Balaban J connectivity index is 1.48. The van der Waals surface area contributed by atoms with Crippen LogP contribution in [0.2, 0.25) is 0 Å². The van der Waals surface area contributed by atoms with Gasteiger partial charge in [-0.25, -0.2) is 4.79 Å². The average Bonchev–Trinajstić information content (AvgIpc) is 3.37. The molecule has 0 spiro atoms. The number of hydrogen-bond donors (Lipinski definition) is 3. The number of nitrogens with zero attached hydrogens (tertiary/aromatic N) is 2. The second kappa shape index (κ2) is 8.63. The highest BCUT2D eigenvalue weighted by molar-refractivity contribution is 6.00. The summed E-state index contributed by atoms with van der Waals surface area (Å²) >= 11 is 0. The Labute approximate surface area is 170 Å². The molecule has 29 heavy (non-hydrogen) atoms. The first-order chi connectivity index (χ1) is 14.2. The number of aromatic nitrogens is 2. The second-order valence-electron chi connectivity index (χ2n) is 7.56. The molecule has 3 N–H and O–H groups in total. The van der Waals surface area contributed by atoms with E-state index in [1.165, 1.54) is 5.56 Å². The first kappa shape index (κ1) is 19.4. The smallest absolute Gasteiger partial charge is 0.319 e. The van der Waals surface area contributed by atoms with Crippen LogP contribution in [0.4, 0.5) is 10.5 Å². The molecule has 0 bridgehead atoms. The molecule has 0 saturated carbocycles. The van der Waals surface area contributed by atoms with Crippen molar-refractivity contribution in [1.82, 2.24) is 20.4 Å². The quantitative estimate of drug-likeness (QED) is 0.601. The van der Waals surface area contributed by atoms with Crippen molar-refractivity contribution >= 4 is 22.6 Å². The van der Waals surface area contributed by atoms with E-state index in [4.69, 9.17) is 4.74 Å². The Hall–Kier alpha value is -2.90. The second-order valence-corrected chi connectivity index (χ2v) is 7.56. The number of H-pyrrole nitrogens is 1. The molecule has 2 aromatic carbocycles. The van der Waals surface area contributed by atoms with E-state index in [0.29, 0.717) is 6.61 Å². The van der Waals surface area contributed by atoms with Crippen molar-refractivity contribution in [2.75, 3.05) is 38.7 Å². The van der Waals surface area contributed by atoms with Crippen molar-refractivity contribution in [3.8, 4) is 0 Å². The molecule has 1 aliphatic heterocycles. The number of hydrogen-bond acceptors (Lipinski definition) is 4. The monoisotopic (exact) mass is 393 g/mol. The molecule has 7 nitrogen and oxygen atoms in total. The summed E-state index contributed by atoms with van der Waals surface area (Å²) in [6, 6.07) is 14.1. The summed E-state index contributed by atoms with van der Waals surface area (Å²) in [5.74, 6) is 0.240. The first-order valence-corrected chi connectivity index (χ1v) is 9.92. The zero-order valence-corrected chi connectivity index (χ0v) is 16.8. The summed E-state index contributed by atoms with van der Waals surface area (Å²) in [5, 5.41) is 14.3. The molecule has 1 aromatic heterocycles. The summed E-state index contributed by atoms with van der Waals surface area (Å²) in [6.45, 7) is 5.25. The number of urea groups is 1. The lowest BCUT2D eigenvalue weighted by molar-refractivity contribution is 0.159. The number of methoxy groups -OCH3 is 1. The van der Waals surface area contributed by atoms with Gasteiger partial charge in [0.15, 0.2) is 0 Å². The van der Waals surface area contributed by atoms with E-state index in [2.05, 4.69) is 37.9 Å². The summed E-state index contributed by atoms with van der Waals surface area (Å²) in [4.78, 5) is 15.2. The number of amides is 2. The van der Waals surface area contributed by atoms with Crippen LogP contribution in [0.15, 0.2) is 48.7 Å². The number of aromatic amines is 1. The summed E-state index contributed by atoms with van der Waals surface area (Å²) in [6.07, 6.45) is 1.78. The van der Waals surface area contributed by atoms with Crippen LogP contribution in [-0.2, 0) is 4.74 Å². The van der Waals surface area contributed by atoms with E-state index in [1.54, 1.807) is 13.3 Å². The molecule has 152 valence electrons. The number of carbonyl (C=O) groups is 1. The van der Waals surface area contributed by atoms with Gasteiger partial charge < -0.3 is 15.4 Å². The van der Waals surface area contributed by atoms with Gasteiger partial charge in [-0.05, 0) is 24.1 Å². The summed E-state index contributed by atoms with van der Waals surface area (Å²) in [7, 11) is 1.71. The SMILES string of the molecule is COCCN1C[C@H](NC(=O)Nc2ccc(C)c3cn[nH]c23)[C@@H](c2ccccc2)C1. The number of rotatable bonds is 6. The van der Waals surface area contributed by atoms with Gasteiger partial charge in [-0.1, -0.05) is 36.4 Å². The molecule has 2 atom stereocenters. The lowest BCUT2D eigenvalue weighted by Gasteiger charge is -2.20. The molecule has 0 aliphatic carbocycles. The van der Waals surface area contributed by atoms with Gasteiger partial charge in [-0.2, -0.15) is 5.10 Å². The fraction of sp³-hybridized carbons (Fsp3) is 0.364. The minimum absolute atomic E-state index is 0.0250. The molecule has 7 heteroatoms. The van der Waals surface area contributed by atoms with Gasteiger partial charge in [0.2, 0.25) is 0 Å². The third-order valence-corrected chi connectivity index (χ3v) is 5.63. The number of fused-ring (bicyclic) bond motifs is 1. The zero-order valence-electron chi connectivity index (χ0n) is 16.8. The minimum Gasteiger partial charge on any atom is -0.383 e. The van der Waals surface area contributed by atoms with Gasteiger partial charge in [0, 0.05) is 38.0 Å². The van der Waals surface area contributed by atoms with Crippen LogP contribution < -0.4 is 10.6 Å².